The van der Waals surface area contributed by atoms with Gasteiger partial charge in [0, 0.05) is 25.2 Å². The van der Waals surface area contributed by atoms with Gasteiger partial charge in [0.05, 0.1) is 6.10 Å². The zero-order chi connectivity index (χ0) is 15.2. The number of nitrogens with zero attached hydrogens (tertiary/aromatic N) is 1. The van der Waals surface area contributed by atoms with Gasteiger partial charge >= 0.3 is 5.97 Å². The van der Waals surface area contributed by atoms with Crippen molar-refractivity contribution in [3.05, 3.63) is 71.3 Å². The molecule has 22 heavy (non-hydrogen) atoms. The Morgan fingerprint density at radius 3 is 2.68 bits per heavy atom. The fourth-order valence-electron chi connectivity index (χ4n) is 3.58. The van der Waals surface area contributed by atoms with Crippen LogP contribution >= 0.6 is 0 Å². The monoisotopic (exact) mass is 295 g/mol. The number of hydrogen-bond donors (Lipinski definition) is 1. The summed E-state index contributed by atoms with van der Waals surface area (Å²) >= 11 is 0. The van der Waals surface area contributed by atoms with Crippen molar-refractivity contribution < 1.29 is 14.6 Å². The minimum atomic E-state index is -1.23. The van der Waals surface area contributed by atoms with E-state index in [1.54, 1.807) is 0 Å². The molecule has 0 saturated carbocycles. The summed E-state index contributed by atoms with van der Waals surface area (Å²) in [5.41, 5.74) is 1.78. The summed E-state index contributed by atoms with van der Waals surface area (Å²) in [4.78, 5) is 14.1. The van der Waals surface area contributed by atoms with Gasteiger partial charge in [-0.1, -0.05) is 54.6 Å². The van der Waals surface area contributed by atoms with Gasteiger partial charge in [-0.2, -0.15) is 0 Å². The number of morpholine rings is 1. The summed E-state index contributed by atoms with van der Waals surface area (Å²) in [6.07, 6.45) is -0.162. The van der Waals surface area contributed by atoms with E-state index < -0.39 is 11.6 Å². The zero-order valence-corrected chi connectivity index (χ0v) is 12.1. The molecule has 0 aliphatic carbocycles. The third-order valence-corrected chi connectivity index (χ3v) is 4.55. The lowest BCUT2D eigenvalue weighted by atomic mass is 9.92. The molecule has 2 aromatic rings. The van der Waals surface area contributed by atoms with Crippen molar-refractivity contribution in [3.8, 4) is 0 Å². The van der Waals surface area contributed by atoms with E-state index in [9.17, 15) is 9.90 Å². The van der Waals surface area contributed by atoms with Gasteiger partial charge < -0.3 is 9.84 Å². The maximum absolute atomic E-state index is 11.9. The predicted octanol–water partition coefficient (Wildman–Crippen LogP) is 2.55. The van der Waals surface area contributed by atoms with E-state index in [4.69, 9.17) is 4.74 Å². The topological polar surface area (TPSA) is 49.8 Å². The van der Waals surface area contributed by atoms with Crippen LogP contribution in [0.5, 0.6) is 0 Å². The Balaban J connectivity index is 1.68. The number of carboxylic acid groups (broad SMARTS) is 1. The van der Waals surface area contributed by atoms with E-state index in [2.05, 4.69) is 17.0 Å². The Hall–Kier alpha value is -2.17. The second-order valence-electron chi connectivity index (χ2n) is 5.98. The van der Waals surface area contributed by atoms with E-state index in [0.717, 1.165) is 24.2 Å². The first-order valence-corrected chi connectivity index (χ1v) is 7.46. The molecule has 2 bridgehead atoms. The van der Waals surface area contributed by atoms with Gasteiger partial charge in [0.1, 0.15) is 0 Å². The van der Waals surface area contributed by atoms with Crippen LogP contribution in [0, 0.1) is 0 Å². The molecule has 2 heterocycles. The second-order valence-corrected chi connectivity index (χ2v) is 5.98. The fourth-order valence-corrected chi connectivity index (χ4v) is 3.58. The first kappa shape index (κ1) is 13.5. The molecule has 112 valence electrons. The average molecular weight is 295 g/mol. The molecule has 2 atom stereocenters. The number of benzene rings is 2. The van der Waals surface area contributed by atoms with Crippen molar-refractivity contribution in [1.82, 2.24) is 4.90 Å². The van der Waals surface area contributed by atoms with Gasteiger partial charge in [0.25, 0.3) is 0 Å². The number of rotatable bonds is 3. The van der Waals surface area contributed by atoms with Gasteiger partial charge in [-0.05, 0) is 11.1 Å². The van der Waals surface area contributed by atoms with Crippen LogP contribution in [0.15, 0.2) is 54.6 Å². The summed E-state index contributed by atoms with van der Waals surface area (Å²) in [6, 6.07) is 17.8. The maximum Gasteiger partial charge on any atom is 0.342 e. The van der Waals surface area contributed by atoms with E-state index in [-0.39, 0.29) is 6.10 Å². The molecule has 2 aliphatic rings. The lowest BCUT2D eigenvalue weighted by Gasteiger charge is -2.38. The predicted molar refractivity (Wildman–Crippen MR) is 81.3 cm³/mol. The number of carbonyl (C=O) groups is 1. The molecule has 4 rings (SSSR count). The Bertz CT molecular complexity index is 715. The highest BCUT2D eigenvalue weighted by atomic mass is 16.5. The van der Waals surface area contributed by atoms with Crippen LogP contribution in [-0.2, 0) is 21.7 Å². The molecule has 4 nitrogen and oxygen atoms in total. The maximum atomic E-state index is 11.9. The first-order valence-electron chi connectivity index (χ1n) is 7.46. The van der Waals surface area contributed by atoms with Crippen LogP contribution in [0.3, 0.4) is 0 Å². The van der Waals surface area contributed by atoms with Gasteiger partial charge in [-0.3, -0.25) is 4.90 Å². The molecular formula is C18H17NO3. The van der Waals surface area contributed by atoms with E-state index in [1.807, 2.05) is 42.5 Å². The summed E-state index contributed by atoms with van der Waals surface area (Å²) < 4.78 is 5.94. The van der Waals surface area contributed by atoms with Crippen LogP contribution in [0.25, 0.3) is 0 Å². The van der Waals surface area contributed by atoms with Crippen LogP contribution in [0.4, 0.5) is 0 Å². The number of ether oxygens (including phenoxy) is 1. The summed E-state index contributed by atoms with van der Waals surface area (Å²) in [6.45, 7) is 1.84. The lowest BCUT2D eigenvalue weighted by molar-refractivity contribution is -0.189. The van der Waals surface area contributed by atoms with Crippen molar-refractivity contribution in [1.29, 1.82) is 0 Å². The van der Waals surface area contributed by atoms with E-state index >= 15 is 0 Å². The normalized spacial score (nSPS) is 26.6. The minimum Gasteiger partial charge on any atom is -0.479 e. The quantitative estimate of drug-likeness (QED) is 0.945. The smallest absolute Gasteiger partial charge is 0.342 e. The number of fused-ring (bicyclic) bond motifs is 5. The van der Waals surface area contributed by atoms with Crippen molar-refractivity contribution in [3.63, 3.8) is 0 Å². The number of carboxylic acids is 1. The minimum absolute atomic E-state index is 0.162. The third kappa shape index (κ3) is 1.95. The van der Waals surface area contributed by atoms with Gasteiger partial charge in [0.15, 0.2) is 0 Å². The van der Waals surface area contributed by atoms with Crippen molar-refractivity contribution in [2.24, 2.45) is 0 Å². The highest BCUT2D eigenvalue weighted by molar-refractivity contribution is 5.82. The molecule has 1 N–H and O–H groups in total. The Morgan fingerprint density at radius 2 is 1.91 bits per heavy atom. The van der Waals surface area contributed by atoms with Gasteiger partial charge in [-0.15, -0.1) is 0 Å². The average Bonchev–Trinajstić information content (AvgIpc) is 2.78. The van der Waals surface area contributed by atoms with Crippen molar-refractivity contribution >= 4 is 5.97 Å². The SMILES string of the molecule is O=C(O)[C@@]12CN(Cc3ccccc3)C[C@@H](O1)c1ccccc12. The van der Waals surface area contributed by atoms with Crippen LogP contribution < -0.4 is 0 Å². The van der Waals surface area contributed by atoms with Gasteiger partial charge in [-0.25, -0.2) is 4.79 Å². The van der Waals surface area contributed by atoms with Crippen LogP contribution in [-0.4, -0.2) is 29.1 Å². The highest BCUT2D eigenvalue weighted by Crippen LogP contribution is 2.48. The highest BCUT2D eigenvalue weighted by Gasteiger charge is 2.55. The van der Waals surface area contributed by atoms with E-state index in [1.165, 1.54) is 5.56 Å². The lowest BCUT2D eigenvalue weighted by Crippen LogP contribution is -2.50. The molecule has 4 heteroatoms. The fraction of sp³-hybridized carbons (Fsp3) is 0.278. The largest absolute Gasteiger partial charge is 0.479 e. The molecule has 1 fully saturated rings. The molecule has 1 saturated heterocycles. The third-order valence-electron chi connectivity index (χ3n) is 4.55. The zero-order valence-electron chi connectivity index (χ0n) is 12.1. The molecular weight excluding hydrogens is 278 g/mol. The molecule has 0 amide bonds. The first-order chi connectivity index (χ1) is 10.7. The Kier molecular flexibility index (Phi) is 3.03. The second kappa shape index (κ2) is 4.93. The Morgan fingerprint density at radius 1 is 1.18 bits per heavy atom. The number of aliphatic carboxylic acids is 1. The standard InChI is InChI=1S/C18H17NO3/c20-17(21)18-12-19(10-13-6-2-1-3-7-13)11-16(22-18)14-8-4-5-9-15(14)18/h1-9,16H,10-12H2,(H,20,21)/t16-,18+/m1/s1. The molecule has 0 aromatic heterocycles. The molecule has 0 spiro atoms. The van der Waals surface area contributed by atoms with Crippen molar-refractivity contribution in [2.45, 2.75) is 18.2 Å². The van der Waals surface area contributed by atoms with Crippen molar-refractivity contribution in [2.75, 3.05) is 13.1 Å². The summed E-state index contributed by atoms with van der Waals surface area (Å²) in [5.74, 6) is -0.903. The van der Waals surface area contributed by atoms with E-state index in [0.29, 0.717) is 6.54 Å². The molecule has 0 radical (unpaired) electrons. The Labute approximate surface area is 128 Å². The van der Waals surface area contributed by atoms with Crippen LogP contribution in [0.2, 0.25) is 0 Å². The molecule has 0 unspecified atom stereocenters. The van der Waals surface area contributed by atoms with Gasteiger partial charge in [0.2, 0.25) is 5.60 Å². The van der Waals surface area contributed by atoms with Crippen LogP contribution in [0.1, 0.15) is 22.8 Å². The molecule has 2 aromatic carbocycles. The summed E-state index contributed by atoms with van der Waals surface area (Å²) in [7, 11) is 0. The summed E-state index contributed by atoms with van der Waals surface area (Å²) in [5, 5.41) is 9.79. The number of hydrogen-bond acceptors (Lipinski definition) is 3. The molecule has 2 aliphatic heterocycles.